The fraction of sp³-hybridized carbons (Fsp3) is 0.600. The van der Waals surface area contributed by atoms with Gasteiger partial charge in [0.05, 0.1) is 5.69 Å². The van der Waals surface area contributed by atoms with Crippen LogP contribution in [-0.4, -0.2) is 9.97 Å². The van der Waals surface area contributed by atoms with Gasteiger partial charge in [0.15, 0.2) is 0 Å². The van der Waals surface area contributed by atoms with Gasteiger partial charge in [0.1, 0.15) is 5.82 Å². The highest BCUT2D eigenvalue weighted by atomic mass is 16.1. The van der Waals surface area contributed by atoms with E-state index in [1.165, 1.54) is 12.8 Å². The number of nitrogens with one attached hydrogen (secondary N) is 1. The molecule has 0 saturated heterocycles. The van der Waals surface area contributed by atoms with Crippen molar-refractivity contribution < 1.29 is 0 Å². The fourth-order valence-electron chi connectivity index (χ4n) is 1.90. The van der Waals surface area contributed by atoms with Gasteiger partial charge in [-0.3, -0.25) is 4.79 Å². The molecule has 0 unspecified atom stereocenters. The molecule has 3 nitrogen and oxygen atoms in total. The molecule has 13 heavy (non-hydrogen) atoms. The molecule has 70 valence electrons. The summed E-state index contributed by atoms with van der Waals surface area (Å²) in [5.41, 5.74) is 2.02. The SMILES string of the molecule is Cc1nc2c(c(=O)[nH]1)CCCCC2. The number of hydrogen-bond donors (Lipinski definition) is 1. The van der Waals surface area contributed by atoms with Gasteiger partial charge in [-0.15, -0.1) is 0 Å². The summed E-state index contributed by atoms with van der Waals surface area (Å²) in [6.07, 6.45) is 5.39. The molecule has 0 saturated carbocycles. The van der Waals surface area contributed by atoms with E-state index in [2.05, 4.69) is 9.97 Å². The molecule has 0 aromatic carbocycles. The lowest BCUT2D eigenvalue weighted by molar-refractivity contribution is 0.708. The second kappa shape index (κ2) is 3.32. The number of aryl methyl sites for hydroxylation is 2. The maximum Gasteiger partial charge on any atom is 0.254 e. The minimum Gasteiger partial charge on any atom is -0.311 e. The zero-order chi connectivity index (χ0) is 9.26. The number of fused-ring (bicyclic) bond motifs is 1. The molecule has 1 aliphatic rings. The molecular formula is C10H14N2O. The summed E-state index contributed by atoms with van der Waals surface area (Å²) in [5, 5.41) is 0. The molecule has 1 aliphatic carbocycles. The molecule has 0 atom stereocenters. The van der Waals surface area contributed by atoms with E-state index in [1.54, 1.807) is 0 Å². The quantitative estimate of drug-likeness (QED) is 0.609. The Hall–Kier alpha value is -1.12. The molecule has 1 heterocycles. The van der Waals surface area contributed by atoms with Gasteiger partial charge in [-0.1, -0.05) is 6.42 Å². The average molecular weight is 178 g/mol. The summed E-state index contributed by atoms with van der Waals surface area (Å²) in [7, 11) is 0. The third kappa shape index (κ3) is 1.64. The lowest BCUT2D eigenvalue weighted by Crippen LogP contribution is -2.18. The molecule has 0 amide bonds. The van der Waals surface area contributed by atoms with Crippen LogP contribution >= 0.6 is 0 Å². The van der Waals surface area contributed by atoms with E-state index in [9.17, 15) is 4.79 Å². The summed E-state index contributed by atoms with van der Waals surface area (Å²) in [4.78, 5) is 18.7. The Morgan fingerprint density at radius 1 is 1.23 bits per heavy atom. The predicted octanol–water partition coefficient (Wildman–Crippen LogP) is 1.35. The third-order valence-electron chi connectivity index (χ3n) is 2.56. The Morgan fingerprint density at radius 3 is 2.85 bits per heavy atom. The van der Waals surface area contributed by atoms with E-state index in [1.807, 2.05) is 6.92 Å². The highest BCUT2D eigenvalue weighted by Crippen LogP contribution is 2.15. The summed E-state index contributed by atoms with van der Waals surface area (Å²) in [6, 6.07) is 0. The lowest BCUT2D eigenvalue weighted by Gasteiger charge is -2.03. The molecular weight excluding hydrogens is 164 g/mol. The van der Waals surface area contributed by atoms with Crippen LogP contribution in [0, 0.1) is 6.92 Å². The van der Waals surface area contributed by atoms with E-state index in [-0.39, 0.29) is 5.56 Å². The summed E-state index contributed by atoms with van der Waals surface area (Å²) in [5.74, 6) is 0.741. The molecule has 0 bridgehead atoms. The highest BCUT2D eigenvalue weighted by Gasteiger charge is 2.12. The van der Waals surface area contributed by atoms with Crippen LogP contribution in [0.5, 0.6) is 0 Å². The second-order valence-corrected chi connectivity index (χ2v) is 3.64. The van der Waals surface area contributed by atoms with E-state index in [0.29, 0.717) is 0 Å². The first kappa shape index (κ1) is 8.48. The van der Waals surface area contributed by atoms with Crippen molar-refractivity contribution in [2.24, 2.45) is 0 Å². The molecule has 0 spiro atoms. The van der Waals surface area contributed by atoms with Gasteiger partial charge in [0.25, 0.3) is 5.56 Å². The van der Waals surface area contributed by atoms with Crippen molar-refractivity contribution in [2.75, 3.05) is 0 Å². The Morgan fingerprint density at radius 2 is 2.00 bits per heavy atom. The summed E-state index contributed by atoms with van der Waals surface area (Å²) < 4.78 is 0. The monoisotopic (exact) mass is 178 g/mol. The Labute approximate surface area is 77.2 Å². The van der Waals surface area contributed by atoms with E-state index < -0.39 is 0 Å². The summed E-state index contributed by atoms with van der Waals surface area (Å²) >= 11 is 0. The van der Waals surface area contributed by atoms with Crippen molar-refractivity contribution in [1.82, 2.24) is 9.97 Å². The van der Waals surface area contributed by atoms with Gasteiger partial charge in [0.2, 0.25) is 0 Å². The van der Waals surface area contributed by atoms with Gasteiger partial charge < -0.3 is 4.98 Å². The van der Waals surface area contributed by atoms with Crippen molar-refractivity contribution in [3.63, 3.8) is 0 Å². The number of hydrogen-bond acceptors (Lipinski definition) is 2. The topological polar surface area (TPSA) is 45.8 Å². The van der Waals surface area contributed by atoms with Crippen LogP contribution in [-0.2, 0) is 12.8 Å². The predicted molar refractivity (Wildman–Crippen MR) is 50.9 cm³/mol. The first-order valence-electron chi connectivity index (χ1n) is 4.86. The standard InChI is InChI=1S/C10H14N2O/c1-7-11-9-6-4-2-3-5-8(9)10(13)12-7/h2-6H2,1H3,(H,11,12,13). The van der Waals surface area contributed by atoms with Crippen LogP contribution in [0.15, 0.2) is 4.79 Å². The van der Waals surface area contributed by atoms with Gasteiger partial charge in [-0.05, 0) is 32.6 Å². The molecule has 0 fully saturated rings. The van der Waals surface area contributed by atoms with E-state index in [0.717, 1.165) is 36.3 Å². The van der Waals surface area contributed by atoms with E-state index >= 15 is 0 Å². The molecule has 2 rings (SSSR count). The van der Waals surface area contributed by atoms with Crippen molar-refractivity contribution in [3.8, 4) is 0 Å². The Bertz CT molecular complexity index is 368. The van der Waals surface area contributed by atoms with Gasteiger partial charge in [-0.25, -0.2) is 4.98 Å². The normalized spacial score (nSPS) is 16.4. The lowest BCUT2D eigenvalue weighted by atomic mass is 10.1. The Balaban J connectivity index is 2.53. The van der Waals surface area contributed by atoms with Crippen LogP contribution in [0.25, 0.3) is 0 Å². The van der Waals surface area contributed by atoms with Gasteiger partial charge in [-0.2, -0.15) is 0 Å². The van der Waals surface area contributed by atoms with Crippen molar-refractivity contribution in [2.45, 2.75) is 39.0 Å². The number of nitrogens with zero attached hydrogens (tertiary/aromatic N) is 1. The minimum absolute atomic E-state index is 0.0735. The zero-order valence-electron chi connectivity index (χ0n) is 7.89. The molecule has 1 N–H and O–H groups in total. The van der Waals surface area contributed by atoms with Crippen molar-refractivity contribution in [1.29, 1.82) is 0 Å². The van der Waals surface area contributed by atoms with Gasteiger partial charge >= 0.3 is 0 Å². The third-order valence-corrected chi connectivity index (χ3v) is 2.56. The summed E-state index contributed by atoms with van der Waals surface area (Å²) in [6.45, 7) is 1.84. The van der Waals surface area contributed by atoms with Crippen LogP contribution < -0.4 is 5.56 Å². The zero-order valence-corrected chi connectivity index (χ0v) is 7.89. The highest BCUT2D eigenvalue weighted by molar-refractivity contribution is 5.19. The van der Waals surface area contributed by atoms with Crippen LogP contribution in [0.4, 0.5) is 0 Å². The second-order valence-electron chi connectivity index (χ2n) is 3.64. The number of H-pyrrole nitrogens is 1. The molecule has 1 aromatic rings. The number of rotatable bonds is 0. The maximum absolute atomic E-state index is 11.5. The average Bonchev–Trinajstić information content (AvgIpc) is 2.28. The number of aromatic amines is 1. The molecule has 3 heteroatoms. The number of aromatic nitrogens is 2. The smallest absolute Gasteiger partial charge is 0.254 e. The van der Waals surface area contributed by atoms with Gasteiger partial charge in [0, 0.05) is 5.56 Å². The first-order chi connectivity index (χ1) is 6.27. The molecule has 0 aliphatic heterocycles. The van der Waals surface area contributed by atoms with E-state index in [4.69, 9.17) is 0 Å². The van der Waals surface area contributed by atoms with Crippen molar-refractivity contribution >= 4 is 0 Å². The molecule has 1 aromatic heterocycles. The van der Waals surface area contributed by atoms with Crippen LogP contribution in [0.2, 0.25) is 0 Å². The maximum atomic E-state index is 11.5. The Kier molecular flexibility index (Phi) is 2.17. The minimum atomic E-state index is 0.0735. The van der Waals surface area contributed by atoms with Crippen LogP contribution in [0.1, 0.15) is 36.3 Å². The van der Waals surface area contributed by atoms with Crippen molar-refractivity contribution in [3.05, 3.63) is 27.4 Å². The largest absolute Gasteiger partial charge is 0.311 e. The molecule has 0 radical (unpaired) electrons. The fourth-order valence-corrected chi connectivity index (χ4v) is 1.90. The first-order valence-corrected chi connectivity index (χ1v) is 4.86. The van der Waals surface area contributed by atoms with Crippen LogP contribution in [0.3, 0.4) is 0 Å².